The third-order valence-corrected chi connectivity index (χ3v) is 7.84. The molecular formula is C24H35NO3. The zero-order valence-corrected chi connectivity index (χ0v) is 17.9. The monoisotopic (exact) mass is 385 g/mol. The van der Waals surface area contributed by atoms with Crippen LogP contribution in [0.15, 0.2) is 30.5 Å². The van der Waals surface area contributed by atoms with Gasteiger partial charge in [0.1, 0.15) is 5.75 Å². The van der Waals surface area contributed by atoms with Gasteiger partial charge in [0, 0.05) is 23.4 Å². The second-order valence-electron chi connectivity index (χ2n) is 9.63. The van der Waals surface area contributed by atoms with Gasteiger partial charge in [-0.2, -0.15) is 0 Å². The standard InChI is InChI=1S/C24H35NO3/c1-16-6-7-21-23(4,11-8-22-24(21,5)15-27-18(3)28-22)20(16)10-13-26-19-9-12-25-17(2)14-19/h9,12,14,18,20-22H,1,6-8,10-11,13,15H2,2-5H3/t18-,20-,21?,22-,23+,24+/m1/s1. The molecule has 6 atom stereocenters. The Kier molecular flexibility index (Phi) is 5.30. The van der Waals surface area contributed by atoms with E-state index in [0.717, 1.165) is 43.9 Å². The molecule has 0 aromatic carbocycles. The van der Waals surface area contributed by atoms with Crippen LogP contribution in [0.1, 0.15) is 58.6 Å². The Labute approximate surface area is 169 Å². The average Bonchev–Trinajstić information content (AvgIpc) is 2.65. The van der Waals surface area contributed by atoms with Crippen LogP contribution >= 0.6 is 0 Å². The first-order chi connectivity index (χ1) is 13.3. The molecule has 1 unspecified atom stereocenters. The lowest BCUT2D eigenvalue weighted by atomic mass is 9.46. The van der Waals surface area contributed by atoms with E-state index in [1.54, 1.807) is 0 Å². The number of aromatic nitrogens is 1. The number of fused-ring (bicyclic) bond motifs is 3. The molecule has 1 saturated heterocycles. The SMILES string of the molecule is C=C1CCC2[C@]3(C)CO[C@@H](C)O[C@@H]3CC[C@@]2(C)[C@@H]1CCOc1ccnc(C)c1. The summed E-state index contributed by atoms with van der Waals surface area (Å²) in [6, 6.07) is 3.95. The highest BCUT2D eigenvalue weighted by atomic mass is 16.7. The summed E-state index contributed by atoms with van der Waals surface area (Å²) >= 11 is 0. The predicted molar refractivity (Wildman–Crippen MR) is 110 cm³/mol. The molecular weight excluding hydrogens is 350 g/mol. The quantitative estimate of drug-likeness (QED) is 0.659. The van der Waals surface area contributed by atoms with Gasteiger partial charge in [-0.3, -0.25) is 4.98 Å². The first-order valence-corrected chi connectivity index (χ1v) is 10.8. The molecule has 1 aromatic heterocycles. The zero-order chi connectivity index (χ0) is 19.9. The minimum Gasteiger partial charge on any atom is -0.493 e. The largest absolute Gasteiger partial charge is 0.493 e. The summed E-state index contributed by atoms with van der Waals surface area (Å²) in [5.74, 6) is 2.01. The molecule has 1 aliphatic heterocycles. The fourth-order valence-electron chi connectivity index (χ4n) is 6.39. The molecule has 0 radical (unpaired) electrons. The van der Waals surface area contributed by atoms with Crippen molar-refractivity contribution in [2.75, 3.05) is 13.2 Å². The Bertz CT molecular complexity index is 734. The number of allylic oxidation sites excluding steroid dienone is 1. The maximum Gasteiger partial charge on any atom is 0.155 e. The number of nitrogens with zero attached hydrogens (tertiary/aromatic N) is 1. The van der Waals surface area contributed by atoms with Gasteiger partial charge in [0.15, 0.2) is 6.29 Å². The van der Waals surface area contributed by atoms with Crippen LogP contribution in [-0.4, -0.2) is 30.6 Å². The Hall–Kier alpha value is -1.39. The number of rotatable bonds is 4. The Morgan fingerprint density at radius 3 is 2.89 bits per heavy atom. The Morgan fingerprint density at radius 1 is 1.29 bits per heavy atom. The number of aryl methyl sites for hydroxylation is 1. The molecule has 0 N–H and O–H groups in total. The maximum atomic E-state index is 6.22. The van der Waals surface area contributed by atoms with E-state index in [4.69, 9.17) is 14.2 Å². The van der Waals surface area contributed by atoms with Crippen LogP contribution in [0, 0.1) is 29.6 Å². The molecule has 4 heteroatoms. The highest BCUT2D eigenvalue weighted by Crippen LogP contribution is 2.63. The minimum atomic E-state index is -0.0750. The number of pyridine rings is 1. The Balaban J connectivity index is 1.49. The first-order valence-electron chi connectivity index (χ1n) is 10.8. The van der Waals surface area contributed by atoms with Crippen LogP contribution in [0.25, 0.3) is 0 Å². The normalized spacial score (nSPS) is 40.5. The summed E-state index contributed by atoms with van der Waals surface area (Å²) in [5.41, 5.74) is 2.73. The van der Waals surface area contributed by atoms with E-state index < -0.39 is 0 Å². The molecule has 2 aliphatic carbocycles. The lowest BCUT2D eigenvalue weighted by Crippen LogP contribution is -2.61. The molecule has 0 spiro atoms. The van der Waals surface area contributed by atoms with Crippen molar-refractivity contribution < 1.29 is 14.2 Å². The van der Waals surface area contributed by atoms with Gasteiger partial charge < -0.3 is 14.2 Å². The number of hydrogen-bond donors (Lipinski definition) is 0. The van der Waals surface area contributed by atoms with Crippen molar-refractivity contribution in [1.29, 1.82) is 0 Å². The molecule has 3 fully saturated rings. The molecule has 3 aliphatic rings. The summed E-state index contributed by atoms with van der Waals surface area (Å²) < 4.78 is 18.3. The second-order valence-corrected chi connectivity index (χ2v) is 9.63. The smallest absolute Gasteiger partial charge is 0.155 e. The first kappa shape index (κ1) is 19.9. The van der Waals surface area contributed by atoms with Gasteiger partial charge in [0.05, 0.1) is 19.3 Å². The highest BCUT2D eigenvalue weighted by Gasteiger charge is 2.59. The molecule has 0 amide bonds. The van der Waals surface area contributed by atoms with Crippen LogP contribution in [0.4, 0.5) is 0 Å². The second kappa shape index (κ2) is 7.46. The average molecular weight is 386 g/mol. The number of ether oxygens (including phenoxy) is 3. The third kappa shape index (κ3) is 3.39. The van der Waals surface area contributed by atoms with Gasteiger partial charge in [0.25, 0.3) is 0 Å². The predicted octanol–water partition coefficient (Wildman–Crippen LogP) is 5.31. The lowest BCUT2D eigenvalue weighted by molar-refractivity contribution is -0.297. The lowest BCUT2D eigenvalue weighted by Gasteiger charge is -2.62. The van der Waals surface area contributed by atoms with E-state index >= 15 is 0 Å². The van der Waals surface area contributed by atoms with Gasteiger partial charge in [0.2, 0.25) is 0 Å². The molecule has 28 heavy (non-hydrogen) atoms. The van der Waals surface area contributed by atoms with Crippen LogP contribution in [0.5, 0.6) is 5.75 Å². The van der Waals surface area contributed by atoms with Crippen molar-refractivity contribution in [3.8, 4) is 5.75 Å². The number of hydrogen-bond acceptors (Lipinski definition) is 4. The van der Waals surface area contributed by atoms with Crippen molar-refractivity contribution in [2.45, 2.75) is 72.2 Å². The molecule has 0 bridgehead atoms. The summed E-state index contributed by atoms with van der Waals surface area (Å²) in [6.07, 6.45) is 7.70. The van der Waals surface area contributed by atoms with Crippen molar-refractivity contribution >= 4 is 0 Å². The molecule has 2 heterocycles. The fraction of sp³-hybridized carbons (Fsp3) is 0.708. The zero-order valence-electron chi connectivity index (χ0n) is 17.9. The van der Waals surface area contributed by atoms with Crippen molar-refractivity contribution in [2.24, 2.45) is 22.7 Å². The van der Waals surface area contributed by atoms with E-state index in [1.807, 2.05) is 32.2 Å². The molecule has 154 valence electrons. The van der Waals surface area contributed by atoms with Gasteiger partial charge in [-0.1, -0.05) is 26.0 Å². The van der Waals surface area contributed by atoms with Crippen molar-refractivity contribution in [3.63, 3.8) is 0 Å². The van der Waals surface area contributed by atoms with E-state index in [2.05, 4.69) is 25.4 Å². The van der Waals surface area contributed by atoms with E-state index in [0.29, 0.717) is 17.9 Å². The van der Waals surface area contributed by atoms with Gasteiger partial charge >= 0.3 is 0 Å². The fourth-order valence-corrected chi connectivity index (χ4v) is 6.39. The minimum absolute atomic E-state index is 0.0750. The molecule has 4 rings (SSSR count). The molecule has 4 nitrogen and oxygen atoms in total. The van der Waals surface area contributed by atoms with Gasteiger partial charge in [-0.05, 0) is 69.3 Å². The van der Waals surface area contributed by atoms with E-state index in [-0.39, 0.29) is 17.1 Å². The molecule has 2 saturated carbocycles. The summed E-state index contributed by atoms with van der Waals surface area (Å²) in [5, 5.41) is 0. The summed E-state index contributed by atoms with van der Waals surface area (Å²) in [7, 11) is 0. The van der Waals surface area contributed by atoms with Crippen LogP contribution in [0.2, 0.25) is 0 Å². The molecule has 1 aromatic rings. The maximum absolute atomic E-state index is 6.22. The third-order valence-electron chi connectivity index (χ3n) is 7.84. The van der Waals surface area contributed by atoms with Crippen molar-refractivity contribution in [1.82, 2.24) is 4.98 Å². The summed E-state index contributed by atoms with van der Waals surface area (Å²) in [4.78, 5) is 4.25. The van der Waals surface area contributed by atoms with Gasteiger partial charge in [-0.25, -0.2) is 0 Å². The topological polar surface area (TPSA) is 40.6 Å². The van der Waals surface area contributed by atoms with E-state index in [1.165, 1.54) is 18.4 Å². The van der Waals surface area contributed by atoms with E-state index in [9.17, 15) is 0 Å². The highest BCUT2D eigenvalue weighted by molar-refractivity contribution is 5.22. The van der Waals surface area contributed by atoms with Gasteiger partial charge in [-0.15, -0.1) is 0 Å². The summed E-state index contributed by atoms with van der Waals surface area (Å²) in [6.45, 7) is 14.9. The van der Waals surface area contributed by atoms with Crippen LogP contribution < -0.4 is 4.74 Å². The Morgan fingerprint density at radius 2 is 2.11 bits per heavy atom. The van der Waals surface area contributed by atoms with Crippen molar-refractivity contribution in [3.05, 3.63) is 36.2 Å². The van der Waals surface area contributed by atoms with Crippen LogP contribution in [0.3, 0.4) is 0 Å². The van der Waals surface area contributed by atoms with Crippen LogP contribution in [-0.2, 0) is 9.47 Å².